The van der Waals surface area contributed by atoms with Gasteiger partial charge in [0.25, 0.3) is 0 Å². The highest BCUT2D eigenvalue weighted by Gasteiger charge is 2.47. The lowest BCUT2D eigenvalue weighted by atomic mass is 9.73. The molecule has 176 valence electrons. The van der Waals surface area contributed by atoms with Gasteiger partial charge in [-0.2, -0.15) is 32.1 Å². The molecule has 2 aliphatic rings. The van der Waals surface area contributed by atoms with Gasteiger partial charge in [0.1, 0.15) is 5.65 Å². The number of hydrogen-bond acceptors (Lipinski definition) is 6. The molecule has 4 aromatic rings. The van der Waals surface area contributed by atoms with Crippen molar-refractivity contribution in [2.45, 2.75) is 38.8 Å². The Balaban J connectivity index is 0.00000130. The maximum absolute atomic E-state index is 6.50. The number of pyridine rings is 1. The summed E-state index contributed by atoms with van der Waals surface area (Å²) in [5, 5.41) is 4.38. The van der Waals surface area contributed by atoms with E-state index in [0.717, 1.165) is 66.5 Å². The molecule has 1 spiro atoms. The van der Waals surface area contributed by atoms with Gasteiger partial charge in [0.15, 0.2) is 0 Å². The van der Waals surface area contributed by atoms with Crippen LogP contribution in [0.4, 0.5) is 5.95 Å². The molecule has 0 radical (unpaired) electrons. The van der Waals surface area contributed by atoms with Crippen molar-refractivity contribution in [2.24, 2.45) is 11.1 Å². The minimum atomic E-state index is 0. The van der Waals surface area contributed by atoms with Crippen molar-refractivity contribution in [2.75, 3.05) is 24.6 Å². The summed E-state index contributed by atoms with van der Waals surface area (Å²) in [7, 11) is 0. The van der Waals surface area contributed by atoms with Crippen LogP contribution in [-0.2, 0) is 4.74 Å². The number of nitrogens with zero attached hydrogens (tertiary/aromatic N) is 6. The minimum Gasteiger partial charge on any atom is -0.376 e. The van der Waals surface area contributed by atoms with Gasteiger partial charge in [-0.3, -0.25) is 4.40 Å². The number of piperidine rings is 1. The molecule has 0 aromatic carbocycles. The molecule has 0 saturated carbocycles. The molecule has 2 atom stereocenters. The van der Waals surface area contributed by atoms with E-state index in [9.17, 15) is 0 Å². The lowest BCUT2D eigenvalue weighted by Gasteiger charge is -2.41. The van der Waals surface area contributed by atoms with Crippen molar-refractivity contribution in [3.63, 3.8) is 0 Å². The van der Waals surface area contributed by atoms with Crippen molar-refractivity contribution in [3.05, 3.63) is 48.7 Å². The average molecular weight is 486 g/mol. The summed E-state index contributed by atoms with van der Waals surface area (Å²) in [6, 6.07) is 6.29. The SMILES string of the molecule is Cc1nc(N2CCC3(CC2)CO[C@@H](C)[C@H]3N)n2ccnc2c1-c1ccc2ccnn2c1.S.S. The van der Waals surface area contributed by atoms with E-state index in [1.165, 1.54) is 0 Å². The molecule has 10 heteroatoms. The van der Waals surface area contributed by atoms with Crippen LogP contribution in [0.25, 0.3) is 22.3 Å². The quantitative estimate of drug-likeness (QED) is 0.470. The highest BCUT2D eigenvalue weighted by atomic mass is 32.1. The van der Waals surface area contributed by atoms with Gasteiger partial charge in [-0.1, -0.05) is 6.07 Å². The van der Waals surface area contributed by atoms with E-state index in [4.69, 9.17) is 20.4 Å². The van der Waals surface area contributed by atoms with Gasteiger partial charge in [0, 0.05) is 60.5 Å². The first-order chi connectivity index (χ1) is 15.1. The summed E-state index contributed by atoms with van der Waals surface area (Å²) < 4.78 is 9.89. The molecule has 0 aliphatic carbocycles. The van der Waals surface area contributed by atoms with Crippen molar-refractivity contribution in [3.8, 4) is 11.1 Å². The molecule has 8 nitrogen and oxygen atoms in total. The lowest BCUT2D eigenvalue weighted by Crippen LogP contribution is -2.51. The molecule has 2 aliphatic heterocycles. The predicted octanol–water partition coefficient (Wildman–Crippen LogP) is 2.91. The second-order valence-corrected chi connectivity index (χ2v) is 9.00. The van der Waals surface area contributed by atoms with Crippen LogP contribution >= 0.6 is 27.0 Å². The fourth-order valence-electron chi connectivity index (χ4n) is 5.32. The van der Waals surface area contributed by atoms with Gasteiger partial charge >= 0.3 is 0 Å². The van der Waals surface area contributed by atoms with Crippen molar-refractivity contribution in [1.82, 2.24) is 24.0 Å². The Hall–Kier alpha value is -2.27. The fourth-order valence-corrected chi connectivity index (χ4v) is 5.32. The number of anilines is 1. The van der Waals surface area contributed by atoms with Gasteiger partial charge in [-0.25, -0.2) is 14.5 Å². The van der Waals surface area contributed by atoms with Crippen LogP contribution in [0.3, 0.4) is 0 Å². The second kappa shape index (κ2) is 8.83. The molecule has 4 aromatic heterocycles. The highest BCUT2D eigenvalue weighted by Crippen LogP contribution is 2.42. The van der Waals surface area contributed by atoms with E-state index in [2.05, 4.69) is 40.4 Å². The summed E-state index contributed by atoms with van der Waals surface area (Å²) >= 11 is 0. The third-order valence-corrected chi connectivity index (χ3v) is 7.28. The first kappa shape index (κ1) is 23.9. The van der Waals surface area contributed by atoms with E-state index in [1.54, 1.807) is 0 Å². The van der Waals surface area contributed by atoms with E-state index in [1.807, 2.05) is 35.4 Å². The summed E-state index contributed by atoms with van der Waals surface area (Å²) in [5.74, 6) is 0.948. The monoisotopic (exact) mass is 485 g/mol. The molecule has 0 unspecified atom stereocenters. The first-order valence-electron chi connectivity index (χ1n) is 11.0. The Morgan fingerprint density at radius 3 is 2.64 bits per heavy atom. The third-order valence-electron chi connectivity index (χ3n) is 7.28. The average Bonchev–Trinajstić information content (AvgIpc) is 3.50. The molecule has 33 heavy (non-hydrogen) atoms. The van der Waals surface area contributed by atoms with E-state index in [0.29, 0.717) is 0 Å². The predicted molar refractivity (Wildman–Crippen MR) is 140 cm³/mol. The van der Waals surface area contributed by atoms with Crippen molar-refractivity contribution >= 4 is 44.1 Å². The van der Waals surface area contributed by atoms with Gasteiger partial charge < -0.3 is 15.4 Å². The molecule has 6 heterocycles. The second-order valence-electron chi connectivity index (χ2n) is 9.00. The molecular formula is C23H31N7OS2. The molecule has 2 saturated heterocycles. The van der Waals surface area contributed by atoms with Crippen LogP contribution in [-0.4, -0.2) is 55.8 Å². The van der Waals surface area contributed by atoms with Crippen LogP contribution in [0.1, 0.15) is 25.5 Å². The third kappa shape index (κ3) is 3.69. The number of ether oxygens (including phenoxy) is 1. The zero-order valence-corrected chi connectivity index (χ0v) is 20.9. The maximum Gasteiger partial charge on any atom is 0.211 e. The summed E-state index contributed by atoms with van der Waals surface area (Å²) in [4.78, 5) is 12.1. The standard InChI is InChI=1S/C23H27N7O.2H2S/c1-15-19(17-3-4-18-5-8-26-30(18)13-17)21-25-9-12-29(21)22(27-15)28-10-6-23(7-11-28)14-31-16(2)20(23)24;;/h3-5,8-9,12-13,16,20H,6-7,10-11,14,24H2,1-2H3;2*1H2/t16-,20+;;/m0../s1. The largest absolute Gasteiger partial charge is 0.376 e. The van der Waals surface area contributed by atoms with E-state index >= 15 is 0 Å². The van der Waals surface area contributed by atoms with Crippen LogP contribution in [0.15, 0.2) is 43.0 Å². The maximum atomic E-state index is 6.50. The molecule has 6 rings (SSSR count). The lowest BCUT2D eigenvalue weighted by molar-refractivity contribution is 0.0973. The number of rotatable bonds is 2. The molecule has 0 amide bonds. The zero-order valence-electron chi connectivity index (χ0n) is 18.9. The molecular weight excluding hydrogens is 454 g/mol. The Labute approximate surface area is 207 Å². The topological polar surface area (TPSA) is 86.0 Å². The van der Waals surface area contributed by atoms with Gasteiger partial charge in [0.05, 0.1) is 23.9 Å². The van der Waals surface area contributed by atoms with E-state index in [-0.39, 0.29) is 44.6 Å². The van der Waals surface area contributed by atoms with Crippen molar-refractivity contribution in [1.29, 1.82) is 0 Å². The van der Waals surface area contributed by atoms with Crippen LogP contribution in [0.2, 0.25) is 0 Å². The Kier molecular flexibility index (Phi) is 6.38. The smallest absolute Gasteiger partial charge is 0.211 e. The Bertz CT molecular complexity index is 1280. The Morgan fingerprint density at radius 2 is 1.91 bits per heavy atom. The van der Waals surface area contributed by atoms with Crippen LogP contribution < -0.4 is 10.6 Å². The van der Waals surface area contributed by atoms with E-state index < -0.39 is 0 Å². The fraction of sp³-hybridized carbons (Fsp3) is 0.435. The number of nitrogens with two attached hydrogens (primary N) is 1. The molecule has 2 fully saturated rings. The number of fused-ring (bicyclic) bond motifs is 2. The normalized spacial score (nSPS) is 22.0. The highest BCUT2D eigenvalue weighted by molar-refractivity contribution is 7.59. The number of aryl methyl sites for hydroxylation is 1. The number of imidazole rings is 1. The van der Waals surface area contributed by atoms with Crippen LogP contribution in [0, 0.1) is 12.3 Å². The Morgan fingerprint density at radius 1 is 1.12 bits per heavy atom. The van der Waals surface area contributed by atoms with Crippen LogP contribution in [0.5, 0.6) is 0 Å². The number of aromatic nitrogens is 5. The minimum absolute atomic E-state index is 0. The molecule has 0 bridgehead atoms. The van der Waals surface area contributed by atoms with Gasteiger partial charge in [0.2, 0.25) is 5.95 Å². The summed E-state index contributed by atoms with van der Waals surface area (Å²) in [5.41, 5.74) is 11.7. The van der Waals surface area contributed by atoms with Gasteiger partial charge in [-0.05, 0) is 38.8 Å². The number of hydrogen-bond donors (Lipinski definition) is 1. The van der Waals surface area contributed by atoms with Gasteiger partial charge in [-0.15, -0.1) is 0 Å². The summed E-state index contributed by atoms with van der Waals surface area (Å²) in [6.45, 7) is 6.76. The summed E-state index contributed by atoms with van der Waals surface area (Å²) in [6.07, 6.45) is 9.89. The van der Waals surface area contributed by atoms with Crippen molar-refractivity contribution < 1.29 is 4.74 Å². The first-order valence-corrected chi connectivity index (χ1v) is 11.0. The zero-order chi connectivity index (χ0) is 21.2. The molecule has 2 N–H and O–H groups in total.